The second kappa shape index (κ2) is 13.0. The monoisotopic (exact) mass is 540 g/mol. The molecule has 1 aromatic heterocycles. The van der Waals surface area contributed by atoms with E-state index >= 15 is 0 Å². The number of hydrogen-bond donors (Lipinski definition) is 1. The molecule has 1 saturated heterocycles. The zero-order valence-corrected chi connectivity index (χ0v) is 23.4. The van der Waals surface area contributed by atoms with Crippen LogP contribution in [0.25, 0.3) is 0 Å². The van der Waals surface area contributed by atoms with E-state index in [4.69, 9.17) is 9.47 Å². The molecule has 0 unspecified atom stereocenters. The van der Waals surface area contributed by atoms with Gasteiger partial charge in [0.25, 0.3) is 0 Å². The van der Waals surface area contributed by atoms with Crippen LogP contribution in [-0.2, 0) is 12.8 Å². The number of aromatic nitrogens is 2. The van der Waals surface area contributed by atoms with Crippen LogP contribution in [0, 0.1) is 18.6 Å². The van der Waals surface area contributed by atoms with Crippen LogP contribution in [0.3, 0.4) is 0 Å². The first-order chi connectivity index (χ1) is 18.8. The molecule has 0 amide bonds. The Balaban J connectivity index is 1.35. The summed E-state index contributed by atoms with van der Waals surface area (Å²) >= 11 is 0. The Morgan fingerprint density at radius 2 is 1.64 bits per heavy atom. The third-order valence-electron chi connectivity index (χ3n) is 7.22. The third-order valence-corrected chi connectivity index (χ3v) is 7.22. The highest BCUT2D eigenvalue weighted by atomic mass is 19.1. The highest BCUT2D eigenvalue weighted by Gasteiger charge is 2.18. The molecule has 2 aromatic carbocycles. The van der Waals surface area contributed by atoms with E-state index in [2.05, 4.69) is 44.1 Å². The second-order valence-electron chi connectivity index (χ2n) is 10.00. The lowest BCUT2D eigenvalue weighted by molar-refractivity contribution is 0.157. The summed E-state index contributed by atoms with van der Waals surface area (Å²) in [6.45, 7) is 7.91. The summed E-state index contributed by atoms with van der Waals surface area (Å²) in [6.07, 6.45) is 3.89. The maximum atomic E-state index is 14.6. The molecule has 0 spiro atoms. The summed E-state index contributed by atoms with van der Waals surface area (Å²) in [5, 5.41) is 3.20. The lowest BCUT2D eigenvalue weighted by Crippen LogP contribution is -2.46. The number of piperazine rings is 1. The number of anilines is 3. The van der Waals surface area contributed by atoms with Gasteiger partial charge in [-0.25, -0.2) is 18.7 Å². The first-order valence-electron chi connectivity index (χ1n) is 13.2. The molecule has 39 heavy (non-hydrogen) atoms. The molecule has 1 aliphatic rings. The smallest absolute Gasteiger partial charge is 0.227 e. The van der Waals surface area contributed by atoms with Gasteiger partial charge in [-0.05, 0) is 56.1 Å². The van der Waals surface area contributed by atoms with Crippen LogP contribution in [0.5, 0.6) is 11.5 Å². The number of likely N-dealkylation sites (N-methyl/N-ethyl adjacent to an activating group) is 2. The number of nitrogens with one attached hydrogen (secondary N) is 1. The molecule has 210 valence electrons. The van der Waals surface area contributed by atoms with E-state index in [0.29, 0.717) is 17.9 Å². The molecule has 0 radical (unpaired) electrons. The number of halogens is 2. The van der Waals surface area contributed by atoms with Gasteiger partial charge in [0.05, 0.1) is 19.9 Å². The standard InChI is InChI=1S/C29H38F2N6O2/c1-20-16-26(39-5)28(31)23(27(20)30)8-6-21-18-32-29(33-19-21)34-22-7-9-24(25(17-22)38-4)36(3)12-15-37-13-10-35(2)11-14-37/h7,9,16-19H,6,8,10-15H2,1-5H3,(H,32,33,34). The molecule has 1 N–H and O–H groups in total. The summed E-state index contributed by atoms with van der Waals surface area (Å²) in [7, 11) is 7.28. The van der Waals surface area contributed by atoms with E-state index in [1.54, 1.807) is 26.4 Å². The van der Waals surface area contributed by atoms with E-state index in [0.717, 1.165) is 62.0 Å². The Hall–Kier alpha value is -3.50. The molecule has 4 rings (SSSR count). The minimum Gasteiger partial charge on any atom is -0.495 e. The summed E-state index contributed by atoms with van der Waals surface area (Å²) in [5.41, 5.74) is 2.94. The Labute approximate surface area is 229 Å². The predicted octanol–water partition coefficient (Wildman–Crippen LogP) is 4.29. The number of nitrogens with zero attached hydrogens (tertiary/aromatic N) is 5. The van der Waals surface area contributed by atoms with Crippen molar-refractivity contribution < 1.29 is 18.3 Å². The van der Waals surface area contributed by atoms with Crippen molar-refractivity contribution >= 4 is 17.3 Å². The van der Waals surface area contributed by atoms with Crippen molar-refractivity contribution in [1.82, 2.24) is 19.8 Å². The van der Waals surface area contributed by atoms with Gasteiger partial charge in [-0.3, -0.25) is 4.90 Å². The molecule has 0 atom stereocenters. The van der Waals surface area contributed by atoms with Gasteiger partial charge in [0.1, 0.15) is 11.6 Å². The Morgan fingerprint density at radius 1 is 0.949 bits per heavy atom. The van der Waals surface area contributed by atoms with Gasteiger partial charge in [-0.15, -0.1) is 0 Å². The van der Waals surface area contributed by atoms with E-state index in [1.165, 1.54) is 13.2 Å². The molecule has 1 fully saturated rings. The van der Waals surface area contributed by atoms with E-state index in [9.17, 15) is 8.78 Å². The van der Waals surface area contributed by atoms with E-state index in [1.807, 2.05) is 18.2 Å². The van der Waals surface area contributed by atoms with Crippen molar-refractivity contribution in [3.05, 3.63) is 65.0 Å². The van der Waals surface area contributed by atoms with Gasteiger partial charge in [0, 0.05) is 76.0 Å². The van der Waals surface area contributed by atoms with Crippen LogP contribution in [0.1, 0.15) is 16.7 Å². The SMILES string of the molecule is COc1cc(Nc2ncc(CCc3c(F)c(C)cc(OC)c3F)cn2)ccc1N(C)CCN1CCN(C)CC1. The minimum absolute atomic E-state index is 0.00902. The first kappa shape index (κ1) is 28.5. The average molecular weight is 541 g/mol. The minimum atomic E-state index is -0.665. The largest absolute Gasteiger partial charge is 0.495 e. The normalized spacial score (nSPS) is 14.3. The van der Waals surface area contributed by atoms with Crippen LogP contribution in [0.4, 0.5) is 26.1 Å². The lowest BCUT2D eigenvalue weighted by atomic mass is 10.0. The molecular formula is C29H38F2N6O2. The number of hydrogen-bond acceptors (Lipinski definition) is 8. The topological polar surface area (TPSA) is 66.0 Å². The molecule has 0 aliphatic carbocycles. The maximum Gasteiger partial charge on any atom is 0.227 e. The second-order valence-corrected chi connectivity index (χ2v) is 10.00. The predicted molar refractivity (Wildman–Crippen MR) is 151 cm³/mol. The summed E-state index contributed by atoms with van der Waals surface area (Å²) in [4.78, 5) is 15.8. The van der Waals surface area contributed by atoms with Gasteiger partial charge in [0.15, 0.2) is 11.6 Å². The molecule has 3 aromatic rings. The van der Waals surface area contributed by atoms with Crippen LogP contribution in [-0.4, -0.2) is 87.4 Å². The Morgan fingerprint density at radius 3 is 2.31 bits per heavy atom. The molecule has 2 heterocycles. The first-order valence-corrected chi connectivity index (χ1v) is 13.2. The molecular weight excluding hydrogens is 502 g/mol. The summed E-state index contributed by atoms with van der Waals surface area (Å²) in [6, 6.07) is 7.29. The number of rotatable bonds is 11. The fourth-order valence-corrected chi connectivity index (χ4v) is 4.68. The third kappa shape index (κ3) is 7.13. The van der Waals surface area contributed by atoms with Crippen LogP contribution < -0.4 is 19.7 Å². The van der Waals surface area contributed by atoms with Gasteiger partial charge < -0.3 is 24.6 Å². The van der Waals surface area contributed by atoms with Crippen molar-refractivity contribution in [2.75, 3.05) is 77.8 Å². The quantitative estimate of drug-likeness (QED) is 0.387. The fraction of sp³-hybridized carbons (Fsp3) is 0.448. The lowest BCUT2D eigenvalue weighted by Gasteiger charge is -2.33. The number of methoxy groups -OCH3 is 2. The van der Waals surface area contributed by atoms with Crippen molar-refractivity contribution in [3.63, 3.8) is 0 Å². The number of ether oxygens (including phenoxy) is 2. The highest BCUT2D eigenvalue weighted by molar-refractivity contribution is 5.67. The Kier molecular flexibility index (Phi) is 9.53. The summed E-state index contributed by atoms with van der Waals surface area (Å²) in [5.74, 6) is 0.0149. The average Bonchev–Trinajstić information content (AvgIpc) is 2.95. The van der Waals surface area contributed by atoms with Crippen molar-refractivity contribution in [1.29, 1.82) is 0 Å². The van der Waals surface area contributed by atoms with Crippen LogP contribution in [0.2, 0.25) is 0 Å². The van der Waals surface area contributed by atoms with Crippen molar-refractivity contribution in [2.45, 2.75) is 19.8 Å². The van der Waals surface area contributed by atoms with Gasteiger partial charge in [-0.1, -0.05) is 0 Å². The zero-order valence-electron chi connectivity index (χ0n) is 23.4. The van der Waals surface area contributed by atoms with Gasteiger partial charge >= 0.3 is 0 Å². The van der Waals surface area contributed by atoms with Crippen molar-refractivity contribution in [2.24, 2.45) is 0 Å². The molecule has 8 nitrogen and oxygen atoms in total. The molecule has 1 aliphatic heterocycles. The number of aryl methyl sites for hydroxylation is 2. The van der Waals surface area contributed by atoms with Gasteiger partial charge in [0.2, 0.25) is 5.95 Å². The number of benzene rings is 2. The fourth-order valence-electron chi connectivity index (χ4n) is 4.68. The maximum absolute atomic E-state index is 14.6. The van der Waals surface area contributed by atoms with Crippen LogP contribution in [0.15, 0.2) is 36.7 Å². The van der Waals surface area contributed by atoms with Crippen molar-refractivity contribution in [3.8, 4) is 11.5 Å². The molecule has 0 bridgehead atoms. The Bertz CT molecular complexity index is 1250. The van der Waals surface area contributed by atoms with Crippen LogP contribution >= 0.6 is 0 Å². The van der Waals surface area contributed by atoms with E-state index in [-0.39, 0.29) is 17.7 Å². The highest BCUT2D eigenvalue weighted by Crippen LogP contribution is 2.31. The summed E-state index contributed by atoms with van der Waals surface area (Å²) < 4.78 is 39.8. The molecule has 10 heteroatoms. The van der Waals surface area contributed by atoms with E-state index < -0.39 is 11.6 Å². The van der Waals surface area contributed by atoms with Gasteiger partial charge in [-0.2, -0.15) is 0 Å². The zero-order chi connectivity index (χ0) is 27.9. The molecule has 0 saturated carbocycles.